The summed E-state index contributed by atoms with van der Waals surface area (Å²) in [6.07, 6.45) is 7.78. The van der Waals surface area contributed by atoms with Crippen LogP contribution in [-0.2, 0) is 16.1 Å². The summed E-state index contributed by atoms with van der Waals surface area (Å²) in [6.45, 7) is 3.14. The first-order valence-corrected chi connectivity index (χ1v) is 8.23. The second kappa shape index (κ2) is 5.11. The molecule has 1 aliphatic heterocycles. The van der Waals surface area contributed by atoms with Gasteiger partial charge in [-0.2, -0.15) is 0 Å². The molecule has 3 aliphatic rings. The van der Waals surface area contributed by atoms with Crippen LogP contribution in [0.1, 0.15) is 44.3 Å². The van der Waals surface area contributed by atoms with Crippen LogP contribution >= 0.6 is 0 Å². The van der Waals surface area contributed by atoms with Gasteiger partial charge in [0.25, 0.3) is 0 Å². The lowest BCUT2D eigenvalue weighted by Gasteiger charge is -2.36. The number of nitrogens with one attached hydrogen (secondary N) is 1. The molecule has 2 fully saturated rings. The molecule has 1 aromatic rings. The third-order valence-electron chi connectivity index (χ3n) is 5.32. The SMILES string of the molecule is C[C@@H]1C[C@H]1C(=O)N1Cc2cncn2[C@@H](C(=O)NC2CCC2)C1. The van der Waals surface area contributed by atoms with Crippen molar-refractivity contribution in [3.8, 4) is 0 Å². The van der Waals surface area contributed by atoms with Crippen LogP contribution < -0.4 is 5.32 Å². The maximum atomic E-state index is 12.6. The van der Waals surface area contributed by atoms with E-state index in [1.165, 1.54) is 6.42 Å². The van der Waals surface area contributed by atoms with Crippen molar-refractivity contribution in [3.63, 3.8) is 0 Å². The van der Waals surface area contributed by atoms with Gasteiger partial charge in [-0.1, -0.05) is 6.92 Å². The Morgan fingerprint density at radius 2 is 2.14 bits per heavy atom. The Labute approximate surface area is 129 Å². The molecule has 0 bridgehead atoms. The average molecular weight is 302 g/mol. The van der Waals surface area contributed by atoms with E-state index in [-0.39, 0.29) is 23.8 Å². The molecule has 1 aromatic heterocycles. The van der Waals surface area contributed by atoms with Gasteiger partial charge in [-0.15, -0.1) is 0 Å². The lowest BCUT2D eigenvalue weighted by molar-refractivity contribution is -0.137. The summed E-state index contributed by atoms with van der Waals surface area (Å²) in [5.74, 6) is 0.859. The fourth-order valence-corrected chi connectivity index (χ4v) is 3.42. The molecule has 0 spiro atoms. The predicted octanol–water partition coefficient (Wildman–Crippen LogP) is 1.09. The number of nitrogens with zero attached hydrogens (tertiary/aromatic N) is 3. The maximum Gasteiger partial charge on any atom is 0.245 e. The summed E-state index contributed by atoms with van der Waals surface area (Å²) in [4.78, 5) is 31.1. The van der Waals surface area contributed by atoms with E-state index < -0.39 is 0 Å². The van der Waals surface area contributed by atoms with Gasteiger partial charge >= 0.3 is 0 Å². The zero-order valence-corrected chi connectivity index (χ0v) is 12.9. The van der Waals surface area contributed by atoms with Crippen LogP contribution in [0.2, 0.25) is 0 Å². The molecule has 2 saturated carbocycles. The van der Waals surface area contributed by atoms with Gasteiger partial charge in [-0.25, -0.2) is 4.98 Å². The molecule has 6 nitrogen and oxygen atoms in total. The molecule has 2 amide bonds. The van der Waals surface area contributed by atoms with Crippen LogP contribution in [-0.4, -0.2) is 38.9 Å². The van der Waals surface area contributed by atoms with Crippen molar-refractivity contribution >= 4 is 11.8 Å². The van der Waals surface area contributed by atoms with Crippen molar-refractivity contribution in [2.45, 2.75) is 51.2 Å². The van der Waals surface area contributed by atoms with Gasteiger partial charge in [0.05, 0.1) is 25.1 Å². The molecule has 4 rings (SSSR count). The minimum Gasteiger partial charge on any atom is -0.352 e. The summed E-state index contributed by atoms with van der Waals surface area (Å²) in [7, 11) is 0. The van der Waals surface area contributed by atoms with Crippen LogP contribution in [0, 0.1) is 11.8 Å². The number of carbonyl (C=O) groups excluding carboxylic acids is 2. The molecule has 1 N–H and O–H groups in total. The summed E-state index contributed by atoms with van der Waals surface area (Å²) in [6, 6.07) is -0.0288. The molecule has 22 heavy (non-hydrogen) atoms. The number of imidazole rings is 1. The number of aromatic nitrogens is 2. The van der Waals surface area contributed by atoms with Crippen LogP contribution in [0.25, 0.3) is 0 Å². The van der Waals surface area contributed by atoms with E-state index in [9.17, 15) is 9.59 Å². The van der Waals surface area contributed by atoms with Crippen molar-refractivity contribution in [1.29, 1.82) is 0 Å². The Hall–Kier alpha value is -1.85. The first kappa shape index (κ1) is 13.8. The standard InChI is InChI=1S/C16H22N4O2/c1-10-5-13(10)16(22)19-7-12-6-17-9-20(12)14(8-19)15(21)18-11-3-2-4-11/h6,9-11,13-14H,2-5,7-8H2,1H3,(H,18,21)/t10-,13-,14-/m1/s1. The molecular weight excluding hydrogens is 280 g/mol. The van der Waals surface area contributed by atoms with Crippen molar-refractivity contribution in [3.05, 3.63) is 18.2 Å². The Morgan fingerprint density at radius 3 is 2.77 bits per heavy atom. The number of hydrogen-bond donors (Lipinski definition) is 1. The molecule has 118 valence electrons. The lowest BCUT2D eigenvalue weighted by Crippen LogP contribution is -2.50. The highest BCUT2D eigenvalue weighted by Crippen LogP contribution is 2.40. The Kier molecular flexibility index (Phi) is 3.20. The van der Waals surface area contributed by atoms with E-state index in [0.29, 0.717) is 25.0 Å². The zero-order valence-electron chi connectivity index (χ0n) is 12.9. The average Bonchev–Trinajstić information content (AvgIpc) is 3.00. The highest BCUT2D eigenvalue weighted by Gasteiger charge is 2.44. The molecule has 0 radical (unpaired) electrons. The van der Waals surface area contributed by atoms with Crippen molar-refractivity contribution in [1.82, 2.24) is 19.8 Å². The van der Waals surface area contributed by atoms with Crippen molar-refractivity contribution in [2.75, 3.05) is 6.54 Å². The molecule has 2 aliphatic carbocycles. The third-order valence-corrected chi connectivity index (χ3v) is 5.32. The fraction of sp³-hybridized carbons (Fsp3) is 0.688. The summed E-state index contributed by atoms with van der Waals surface area (Å²) < 4.78 is 1.92. The Balaban J connectivity index is 1.52. The second-order valence-corrected chi connectivity index (χ2v) is 6.98. The van der Waals surface area contributed by atoms with E-state index in [1.54, 1.807) is 12.5 Å². The van der Waals surface area contributed by atoms with Gasteiger partial charge in [0.1, 0.15) is 6.04 Å². The van der Waals surface area contributed by atoms with Gasteiger partial charge in [-0.05, 0) is 31.6 Å². The van der Waals surface area contributed by atoms with E-state index >= 15 is 0 Å². The molecule has 0 aromatic carbocycles. The fourth-order valence-electron chi connectivity index (χ4n) is 3.42. The van der Waals surface area contributed by atoms with Crippen LogP contribution in [0.3, 0.4) is 0 Å². The maximum absolute atomic E-state index is 12.6. The molecule has 2 heterocycles. The molecular formula is C16H22N4O2. The van der Waals surface area contributed by atoms with E-state index in [0.717, 1.165) is 25.0 Å². The number of hydrogen-bond acceptors (Lipinski definition) is 3. The summed E-state index contributed by atoms with van der Waals surface area (Å²) in [5, 5.41) is 3.10. The summed E-state index contributed by atoms with van der Waals surface area (Å²) >= 11 is 0. The minimum atomic E-state index is -0.343. The number of fused-ring (bicyclic) bond motifs is 1. The normalized spacial score (nSPS) is 30.4. The lowest BCUT2D eigenvalue weighted by atomic mass is 9.93. The largest absolute Gasteiger partial charge is 0.352 e. The van der Waals surface area contributed by atoms with Gasteiger partial charge < -0.3 is 14.8 Å². The van der Waals surface area contributed by atoms with Crippen LogP contribution in [0.15, 0.2) is 12.5 Å². The van der Waals surface area contributed by atoms with E-state index in [1.807, 2.05) is 9.47 Å². The van der Waals surface area contributed by atoms with Gasteiger partial charge in [0.15, 0.2) is 0 Å². The highest BCUT2D eigenvalue weighted by molar-refractivity contribution is 5.85. The van der Waals surface area contributed by atoms with Crippen molar-refractivity contribution < 1.29 is 9.59 Å². The van der Waals surface area contributed by atoms with Crippen LogP contribution in [0.5, 0.6) is 0 Å². The summed E-state index contributed by atoms with van der Waals surface area (Å²) in [5.41, 5.74) is 0.946. The first-order valence-electron chi connectivity index (χ1n) is 8.23. The first-order chi connectivity index (χ1) is 10.6. The molecule has 0 saturated heterocycles. The highest BCUT2D eigenvalue weighted by atomic mass is 16.2. The van der Waals surface area contributed by atoms with Crippen molar-refractivity contribution in [2.24, 2.45) is 11.8 Å². The van der Waals surface area contributed by atoms with Crippen LogP contribution in [0.4, 0.5) is 0 Å². The van der Waals surface area contributed by atoms with E-state index in [4.69, 9.17) is 0 Å². The number of amides is 2. The van der Waals surface area contributed by atoms with Gasteiger partial charge in [-0.3, -0.25) is 9.59 Å². The van der Waals surface area contributed by atoms with Gasteiger partial charge in [0.2, 0.25) is 11.8 Å². The predicted molar refractivity (Wildman–Crippen MR) is 79.7 cm³/mol. The van der Waals surface area contributed by atoms with Gasteiger partial charge in [0, 0.05) is 18.2 Å². The molecule has 0 unspecified atom stereocenters. The molecule has 6 heteroatoms. The molecule has 3 atom stereocenters. The third kappa shape index (κ3) is 2.30. The number of rotatable bonds is 3. The smallest absolute Gasteiger partial charge is 0.245 e. The topological polar surface area (TPSA) is 67.2 Å². The quantitative estimate of drug-likeness (QED) is 0.909. The number of carbonyl (C=O) groups is 2. The Bertz CT molecular complexity index is 607. The Morgan fingerprint density at radius 1 is 1.36 bits per heavy atom. The minimum absolute atomic E-state index is 0.0188. The zero-order chi connectivity index (χ0) is 15.3. The second-order valence-electron chi connectivity index (χ2n) is 6.98. The monoisotopic (exact) mass is 302 g/mol. The van der Waals surface area contributed by atoms with E-state index in [2.05, 4.69) is 17.2 Å².